The normalized spacial score (nSPS) is 10.8. The van der Waals surface area contributed by atoms with E-state index in [0.29, 0.717) is 12.1 Å². The van der Waals surface area contributed by atoms with Crippen LogP contribution < -0.4 is 0 Å². The fourth-order valence-corrected chi connectivity index (χ4v) is 2.11. The fraction of sp³-hybridized carbons (Fsp3) is 0.364. The van der Waals surface area contributed by atoms with E-state index in [2.05, 4.69) is 13.2 Å². The van der Waals surface area contributed by atoms with Crippen molar-refractivity contribution in [2.75, 3.05) is 7.05 Å². The molecule has 0 aromatic heterocycles. The highest BCUT2D eigenvalue weighted by molar-refractivity contribution is 5.79. The van der Waals surface area contributed by atoms with Gasteiger partial charge in [0.2, 0.25) is 5.91 Å². The summed E-state index contributed by atoms with van der Waals surface area (Å²) in [4.78, 5) is 24.8. The molecule has 0 aliphatic rings. The number of benzene rings is 1. The van der Waals surface area contributed by atoms with Crippen LogP contribution in [0.5, 0.6) is 0 Å². The molecule has 138 valence electrons. The zero-order valence-electron chi connectivity index (χ0n) is 16.4. The largest absolute Gasteiger partial charge is 0.316 e. The van der Waals surface area contributed by atoms with E-state index in [4.69, 9.17) is 0 Å². The molecule has 0 aliphatic carbocycles. The minimum absolute atomic E-state index is 0.0568. The van der Waals surface area contributed by atoms with E-state index in [0.717, 1.165) is 11.8 Å². The monoisotopic (exact) mass is 343 g/mol. The third-order valence-corrected chi connectivity index (χ3v) is 3.33. The van der Waals surface area contributed by atoms with Gasteiger partial charge in [0.1, 0.15) is 6.29 Å². The Hall–Kier alpha value is -2.42. The molecule has 0 radical (unpaired) electrons. The first-order chi connectivity index (χ1) is 12.1. The Bertz CT molecular complexity index is 532. The lowest BCUT2D eigenvalue weighted by atomic mass is 9.92. The summed E-state index contributed by atoms with van der Waals surface area (Å²) in [7, 11) is 1.70. The first-order valence-corrected chi connectivity index (χ1v) is 8.84. The second-order valence-corrected chi connectivity index (χ2v) is 4.70. The predicted octanol–water partition coefficient (Wildman–Crippen LogP) is 5.52. The highest BCUT2D eigenvalue weighted by atomic mass is 16.2. The molecule has 0 saturated carbocycles. The predicted molar refractivity (Wildman–Crippen MR) is 108 cm³/mol. The summed E-state index contributed by atoms with van der Waals surface area (Å²) in [5.74, 6) is -0.160. The van der Waals surface area contributed by atoms with E-state index < -0.39 is 0 Å². The zero-order valence-corrected chi connectivity index (χ0v) is 16.4. The summed E-state index contributed by atoms with van der Waals surface area (Å²) in [5.41, 5.74) is 1.69. The van der Waals surface area contributed by atoms with Crippen LogP contribution in [0.1, 0.15) is 52.0 Å². The number of hydrogen-bond acceptors (Lipinski definition) is 2. The van der Waals surface area contributed by atoms with Crippen molar-refractivity contribution in [1.29, 1.82) is 0 Å². The van der Waals surface area contributed by atoms with Gasteiger partial charge in [0.15, 0.2) is 0 Å². The SMILES string of the molecule is C=C/C=C(\C=C)N(C)C(=O)C[C@@H](CC=O)c1ccccc1.CC.CC. The molecule has 3 nitrogen and oxygen atoms in total. The number of carbonyl (C=O) groups is 2. The lowest BCUT2D eigenvalue weighted by Crippen LogP contribution is -2.27. The fourth-order valence-electron chi connectivity index (χ4n) is 2.11. The van der Waals surface area contributed by atoms with Crippen LogP contribution in [0.25, 0.3) is 0 Å². The Balaban J connectivity index is 0. The molecule has 3 heteroatoms. The van der Waals surface area contributed by atoms with Crippen molar-refractivity contribution in [2.24, 2.45) is 0 Å². The van der Waals surface area contributed by atoms with E-state index in [1.807, 2.05) is 58.0 Å². The molecule has 0 saturated heterocycles. The number of amides is 1. The maximum absolute atomic E-state index is 12.4. The second kappa shape index (κ2) is 16.4. The Kier molecular flexibility index (Phi) is 16.3. The van der Waals surface area contributed by atoms with Crippen molar-refractivity contribution in [3.63, 3.8) is 0 Å². The first kappa shape index (κ1) is 24.8. The topological polar surface area (TPSA) is 37.4 Å². The van der Waals surface area contributed by atoms with Crippen LogP contribution in [-0.4, -0.2) is 24.1 Å². The molecule has 0 N–H and O–H groups in total. The maximum Gasteiger partial charge on any atom is 0.227 e. The number of carbonyl (C=O) groups excluding carboxylic acids is 2. The Morgan fingerprint density at radius 2 is 1.68 bits per heavy atom. The second-order valence-electron chi connectivity index (χ2n) is 4.70. The number of nitrogens with zero attached hydrogens (tertiary/aromatic N) is 1. The van der Waals surface area contributed by atoms with Crippen LogP contribution in [0.3, 0.4) is 0 Å². The van der Waals surface area contributed by atoms with Crippen molar-refractivity contribution in [2.45, 2.75) is 46.5 Å². The number of aldehydes is 1. The molecule has 1 aromatic rings. The van der Waals surface area contributed by atoms with Crippen molar-refractivity contribution >= 4 is 12.2 Å². The van der Waals surface area contributed by atoms with Gasteiger partial charge in [-0.2, -0.15) is 0 Å². The summed E-state index contributed by atoms with van der Waals surface area (Å²) >= 11 is 0. The van der Waals surface area contributed by atoms with Gasteiger partial charge < -0.3 is 9.69 Å². The third kappa shape index (κ3) is 9.46. The van der Waals surface area contributed by atoms with Gasteiger partial charge in [0.25, 0.3) is 0 Å². The highest BCUT2D eigenvalue weighted by Gasteiger charge is 2.19. The minimum atomic E-state index is -0.103. The molecule has 1 aromatic carbocycles. The molecule has 1 amide bonds. The van der Waals surface area contributed by atoms with E-state index in [-0.39, 0.29) is 18.2 Å². The van der Waals surface area contributed by atoms with Crippen molar-refractivity contribution < 1.29 is 9.59 Å². The zero-order chi connectivity index (χ0) is 19.7. The maximum atomic E-state index is 12.4. The van der Waals surface area contributed by atoms with E-state index >= 15 is 0 Å². The van der Waals surface area contributed by atoms with Gasteiger partial charge in [-0.15, -0.1) is 0 Å². The smallest absolute Gasteiger partial charge is 0.227 e. The van der Waals surface area contributed by atoms with Crippen LogP contribution in [0, 0.1) is 0 Å². The highest BCUT2D eigenvalue weighted by Crippen LogP contribution is 2.24. The van der Waals surface area contributed by atoms with Crippen molar-refractivity contribution in [1.82, 2.24) is 4.90 Å². The van der Waals surface area contributed by atoms with E-state index in [9.17, 15) is 9.59 Å². The number of hydrogen-bond donors (Lipinski definition) is 0. The molecule has 0 unspecified atom stereocenters. The Morgan fingerprint density at radius 1 is 1.12 bits per heavy atom. The van der Waals surface area contributed by atoms with Crippen LogP contribution in [0.4, 0.5) is 0 Å². The quantitative estimate of drug-likeness (QED) is 0.460. The van der Waals surface area contributed by atoms with Gasteiger partial charge in [0.05, 0.1) is 0 Å². The number of allylic oxidation sites excluding steroid dienone is 3. The van der Waals surface area contributed by atoms with Crippen LogP contribution >= 0.6 is 0 Å². The molecular weight excluding hydrogens is 310 g/mol. The standard InChI is InChI=1S/C18H21NO2.2C2H6/c1-4-9-17(5-2)19(3)18(21)14-16(12-13-20)15-10-7-6-8-11-15;2*1-2/h4-11,13,16H,1-2,12,14H2,3H3;2*1-2H3/b17-9+;;/t16-;;/m1../s1. The van der Waals surface area contributed by atoms with Gasteiger partial charge in [-0.25, -0.2) is 0 Å². The molecule has 1 rings (SSSR count). The van der Waals surface area contributed by atoms with Gasteiger partial charge in [-0.05, 0) is 23.6 Å². The first-order valence-electron chi connectivity index (χ1n) is 8.84. The van der Waals surface area contributed by atoms with E-state index in [1.165, 1.54) is 4.90 Å². The molecule has 0 bridgehead atoms. The molecule has 0 aliphatic heterocycles. The Morgan fingerprint density at radius 3 is 2.12 bits per heavy atom. The molecule has 0 spiro atoms. The lowest BCUT2D eigenvalue weighted by molar-refractivity contribution is -0.128. The summed E-state index contributed by atoms with van der Waals surface area (Å²) in [6.07, 6.45) is 6.42. The van der Waals surface area contributed by atoms with Gasteiger partial charge in [0, 0.05) is 25.6 Å². The van der Waals surface area contributed by atoms with Gasteiger partial charge >= 0.3 is 0 Å². The van der Waals surface area contributed by atoms with Crippen LogP contribution in [0.2, 0.25) is 0 Å². The number of likely N-dealkylation sites (N-methyl/N-ethyl adjacent to an activating group) is 1. The average molecular weight is 344 g/mol. The third-order valence-electron chi connectivity index (χ3n) is 3.33. The molecule has 25 heavy (non-hydrogen) atoms. The molecule has 1 atom stereocenters. The summed E-state index contributed by atoms with van der Waals surface area (Å²) in [5, 5.41) is 0. The molecule has 0 heterocycles. The van der Waals surface area contributed by atoms with Crippen LogP contribution in [0.15, 0.2) is 67.4 Å². The average Bonchev–Trinajstić information content (AvgIpc) is 2.69. The minimum Gasteiger partial charge on any atom is -0.316 e. The van der Waals surface area contributed by atoms with Gasteiger partial charge in [-0.3, -0.25) is 4.79 Å². The molecular formula is C22H33NO2. The van der Waals surface area contributed by atoms with Crippen molar-refractivity contribution in [3.05, 3.63) is 73.0 Å². The lowest BCUT2D eigenvalue weighted by Gasteiger charge is -2.21. The van der Waals surface area contributed by atoms with E-state index in [1.54, 1.807) is 25.3 Å². The summed E-state index contributed by atoms with van der Waals surface area (Å²) < 4.78 is 0. The summed E-state index contributed by atoms with van der Waals surface area (Å²) in [6.45, 7) is 15.3. The van der Waals surface area contributed by atoms with Gasteiger partial charge in [-0.1, -0.05) is 77.3 Å². The van der Waals surface area contributed by atoms with Crippen molar-refractivity contribution in [3.8, 4) is 0 Å². The van der Waals surface area contributed by atoms with Crippen LogP contribution in [-0.2, 0) is 9.59 Å². The summed E-state index contributed by atoms with van der Waals surface area (Å²) in [6, 6.07) is 9.62. The number of rotatable bonds is 8. The molecule has 0 fully saturated rings. The Labute approximate surface area is 153 Å².